The second kappa shape index (κ2) is 7.56. The molecule has 0 heterocycles. The van der Waals surface area contributed by atoms with Crippen LogP contribution >= 0.6 is 0 Å². The first-order valence-corrected chi connectivity index (χ1v) is 10.9. The Labute approximate surface area is 171 Å². The third-order valence-electron chi connectivity index (χ3n) is 8.61. The van der Waals surface area contributed by atoms with Gasteiger partial charge in [-0.25, -0.2) is 0 Å². The molecule has 0 aromatic heterocycles. The van der Waals surface area contributed by atoms with Crippen LogP contribution in [0.15, 0.2) is 0 Å². The van der Waals surface area contributed by atoms with Crippen LogP contribution in [0.3, 0.4) is 0 Å². The van der Waals surface area contributed by atoms with E-state index in [0.717, 1.165) is 44.9 Å². The number of hydrogen-bond acceptors (Lipinski definition) is 7. The summed E-state index contributed by atoms with van der Waals surface area (Å²) in [5.74, 6) is -0.184. The van der Waals surface area contributed by atoms with Crippen molar-refractivity contribution in [3.8, 4) is 0 Å². The Balaban J connectivity index is 2.02. The molecule has 0 aliphatic heterocycles. The number of nitrogens with zero attached hydrogens (tertiary/aromatic N) is 2. The van der Waals surface area contributed by atoms with Crippen molar-refractivity contribution < 1.29 is 19.8 Å². The van der Waals surface area contributed by atoms with Crippen LogP contribution < -0.4 is 5.73 Å². The fourth-order valence-corrected chi connectivity index (χ4v) is 8.29. The molecular weight excluding hydrogens is 378 g/mol. The van der Waals surface area contributed by atoms with E-state index in [9.17, 15) is 20.2 Å². The van der Waals surface area contributed by atoms with Gasteiger partial charge in [0.2, 0.25) is 0 Å². The van der Waals surface area contributed by atoms with Crippen molar-refractivity contribution in [2.45, 2.75) is 84.7 Å². The van der Waals surface area contributed by atoms with Crippen molar-refractivity contribution in [2.24, 2.45) is 33.3 Å². The lowest BCUT2D eigenvalue weighted by molar-refractivity contribution is -0.792. The van der Waals surface area contributed by atoms with Gasteiger partial charge in [-0.1, -0.05) is 40.0 Å². The van der Waals surface area contributed by atoms with E-state index in [2.05, 4.69) is 18.7 Å². The molecule has 0 spiro atoms. The van der Waals surface area contributed by atoms with Gasteiger partial charge in [-0.2, -0.15) is 0 Å². The number of rotatable bonds is 11. The van der Waals surface area contributed by atoms with Crippen molar-refractivity contribution in [1.82, 2.24) is 0 Å². The highest BCUT2D eigenvalue weighted by Crippen LogP contribution is 2.77. The summed E-state index contributed by atoms with van der Waals surface area (Å²) in [6.07, 6.45) is 8.20. The molecule has 0 aromatic carbocycles. The summed E-state index contributed by atoms with van der Waals surface area (Å²) >= 11 is 0. The maximum absolute atomic E-state index is 11.2. The highest BCUT2D eigenvalue weighted by Gasteiger charge is 2.68. The summed E-state index contributed by atoms with van der Waals surface area (Å²) in [6, 6.07) is 0. The van der Waals surface area contributed by atoms with E-state index in [1.165, 1.54) is 6.42 Å². The second-order valence-electron chi connectivity index (χ2n) is 10.2. The molecule has 4 rings (SSSR count). The van der Waals surface area contributed by atoms with Gasteiger partial charge in [-0.05, 0) is 72.6 Å². The minimum absolute atomic E-state index is 0.0529. The molecule has 4 fully saturated rings. The Kier molecular flexibility index (Phi) is 5.75. The first-order valence-electron chi connectivity index (χ1n) is 10.9. The third-order valence-corrected chi connectivity index (χ3v) is 8.61. The zero-order valence-corrected chi connectivity index (χ0v) is 17.9. The quantitative estimate of drug-likeness (QED) is 0.401. The predicted octanol–water partition coefficient (Wildman–Crippen LogP) is 3.90. The van der Waals surface area contributed by atoms with E-state index < -0.39 is 22.9 Å². The van der Waals surface area contributed by atoms with E-state index >= 15 is 0 Å². The van der Waals surface area contributed by atoms with Crippen molar-refractivity contribution >= 4 is 0 Å². The summed E-state index contributed by atoms with van der Waals surface area (Å²) in [6.45, 7) is 6.70. The molecule has 9 nitrogen and oxygen atoms in total. The van der Waals surface area contributed by atoms with Crippen LogP contribution in [0.1, 0.15) is 78.6 Å². The second-order valence-corrected chi connectivity index (χ2v) is 10.2. The molecule has 0 amide bonds. The first kappa shape index (κ1) is 22.1. The maximum Gasteiger partial charge on any atom is 0.294 e. The minimum atomic E-state index is -0.950. The fourth-order valence-electron chi connectivity index (χ4n) is 8.29. The van der Waals surface area contributed by atoms with Gasteiger partial charge < -0.3 is 15.4 Å². The SMILES string of the molecule is CCC(C(CO[N+](=O)[O-])O[N+](=O)[O-])C12CC3(CC)CC(CC)(CC(CN)(C3)C1)C2. The van der Waals surface area contributed by atoms with Crippen LogP contribution in [0.25, 0.3) is 0 Å². The van der Waals surface area contributed by atoms with Gasteiger partial charge in [0.1, 0.15) is 12.7 Å². The average Bonchev–Trinajstić information content (AvgIpc) is 2.65. The zero-order chi connectivity index (χ0) is 21.5. The first-order chi connectivity index (χ1) is 13.6. The maximum atomic E-state index is 11.2. The van der Waals surface area contributed by atoms with E-state index in [1.54, 1.807) is 0 Å². The molecule has 2 N–H and O–H groups in total. The lowest BCUT2D eigenvalue weighted by Crippen LogP contribution is -2.65. The van der Waals surface area contributed by atoms with Gasteiger partial charge in [-0.15, -0.1) is 20.2 Å². The summed E-state index contributed by atoms with van der Waals surface area (Å²) < 4.78 is 0. The van der Waals surface area contributed by atoms with Crippen LogP contribution in [-0.4, -0.2) is 29.4 Å². The molecule has 0 radical (unpaired) electrons. The normalized spacial score (nSPS) is 39.7. The standard InChI is InChI=1S/C20H35N3O6/c1-4-15(16(29-23(26)27)7-28-22(24)25)20-11-17(5-2)8-18(6-3,12-20)10-19(9-17,13-20)14-21/h15-16H,4-14,21H2,1-3H3. The number of hydrogen-bond donors (Lipinski definition) is 1. The lowest BCUT2D eigenvalue weighted by atomic mass is 9.32. The molecule has 4 unspecified atom stereocenters. The fraction of sp³-hybridized carbons (Fsp3) is 1.00. The van der Waals surface area contributed by atoms with E-state index in [0.29, 0.717) is 13.0 Å². The van der Waals surface area contributed by atoms with Crippen LogP contribution in [0.2, 0.25) is 0 Å². The molecule has 0 saturated heterocycles. The monoisotopic (exact) mass is 413 g/mol. The van der Waals surface area contributed by atoms with Crippen molar-refractivity contribution in [2.75, 3.05) is 13.2 Å². The molecule has 4 atom stereocenters. The third kappa shape index (κ3) is 3.78. The summed E-state index contributed by atoms with van der Waals surface area (Å²) in [4.78, 5) is 31.6. The summed E-state index contributed by atoms with van der Waals surface area (Å²) in [5, 5.41) is 20.2. The van der Waals surface area contributed by atoms with Gasteiger partial charge in [0, 0.05) is 0 Å². The zero-order valence-electron chi connectivity index (χ0n) is 17.9. The topological polar surface area (TPSA) is 131 Å². The molecule has 4 aliphatic carbocycles. The highest BCUT2D eigenvalue weighted by molar-refractivity contribution is 5.18. The summed E-state index contributed by atoms with van der Waals surface area (Å²) in [7, 11) is 0. The highest BCUT2D eigenvalue weighted by atomic mass is 17.0. The molecule has 9 heteroatoms. The molecule has 4 saturated carbocycles. The van der Waals surface area contributed by atoms with Gasteiger partial charge in [0.25, 0.3) is 10.2 Å². The largest absolute Gasteiger partial charge is 0.330 e. The Morgan fingerprint density at radius 3 is 1.83 bits per heavy atom. The Bertz CT molecular complexity index is 598. The van der Waals surface area contributed by atoms with Gasteiger partial charge in [-0.3, -0.25) is 0 Å². The smallest absolute Gasteiger partial charge is 0.294 e. The average molecular weight is 414 g/mol. The molecular formula is C20H35N3O6. The number of nitrogens with two attached hydrogens (primary N) is 1. The Morgan fingerprint density at radius 1 is 0.897 bits per heavy atom. The van der Waals surface area contributed by atoms with Gasteiger partial charge >= 0.3 is 0 Å². The van der Waals surface area contributed by atoms with Crippen molar-refractivity contribution in [3.05, 3.63) is 20.2 Å². The van der Waals surface area contributed by atoms with Crippen LogP contribution in [0.5, 0.6) is 0 Å². The van der Waals surface area contributed by atoms with Gasteiger partial charge in [0.15, 0.2) is 0 Å². The van der Waals surface area contributed by atoms with Crippen LogP contribution in [0.4, 0.5) is 0 Å². The van der Waals surface area contributed by atoms with Crippen molar-refractivity contribution in [3.63, 3.8) is 0 Å². The van der Waals surface area contributed by atoms with Crippen LogP contribution in [-0.2, 0) is 9.68 Å². The lowest BCUT2D eigenvalue weighted by Gasteiger charge is -2.72. The van der Waals surface area contributed by atoms with E-state index in [1.807, 2.05) is 6.92 Å². The minimum Gasteiger partial charge on any atom is -0.330 e. The van der Waals surface area contributed by atoms with Crippen molar-refractivity contribution in [1.29, 1.82) is 0 Å². The molecule has 0 aromatic rings. The predicted molar refractivity (Wildman–Crippen MR) is 106 cm³/mol. The summed E-state index contributed by atoms with van der Waals surface area (Å²) in [5.41, 5.74) is 6.64. The molecule has 4 aliphatic rings. The molecule has 166 valence electrons. The van der Waals surface area contributed by atoms with E-state index in [-0.39, 0.29) is 27.6 Å². The molecule has 29 heavy (non-hydrogen) atoms. The molecule has 4 bridgehead atoms. The van der Waals surface area contributed by atoms with Gasteiger partial charge in [0.05, 0.1) is 0 Å². The van der Waals surface area contributed by atoms with Crippen LogP contribution in [0, 0.1) is 47.8 Å². The Morgan fingerprint density at radius 2 is 1.41 bits per heavy atom. The van der Waals surface area contributed by atoms with E-state index in [4.69, 9.17) is 10.6 Å². The Hall–Kier alpha value is -1.64.